The second kappa shape index (κ2) is 5.62. The zero-order valence-corrected chi connectivity index (χ0v) is 12.9. The van der Waals surface area contributed by atoms with Gasteiger partial charge in [0.1, 0.15) is 0 Å². The molecule has 1 aromatic carbocycles. The second-order valence-corrected chi connectivity index (χ2v) is 6.97. The highest BCUT2D eigenvalue weighted by molar-refractivity contribution is 5.47. The van der Waals surface area contributed by atoms with Crippen molar-refractivity contribution in [3.05, 3.63) is 29.8 Å². The number of nitrogens with one attached hydrogen (secondary N) is 1. The van der Waals surface area contributed by atoms with Crippen LogP contribution in [-0.4, -0.2) is 37.9 Å². The number of anilines is 1. The van der Waals surface area contributed by atoms with E-state index in [2.05, 4.69) is 41.4 Å². The fourth-order valence-corrected chi connectivity index (χ4v) is 4.15. The molecule has 21 heavy (non-hydrogen) atoms. The Balaban J connectivity index is 1.28. The lowest BCUT2D eigenvalue weighted by atomic mass is 9.75. The number of benzene rings is 1. The van der Waals surface area contributed by atoms with E-state index in [4.69, 9.17) is 4.74 Å². The quantitative estimate of drug-likeness (QED) is 0.924. The van der Waals surface area contributed by atoms with E-state index in [1.165, 1.54) is 50.0 Å². The average molecular weight is 286 g/mol. The van der Waals surface area contributed by atoms with E-state index in [9.17, 15) is 0 Å². The van der Waals surface area contributed by atoms with Gasteiger partial charge < -0.3 is 15.0 Å². The summed E-state index contributed by atoms with van der Waals surface area (Å²) in [4.78, 5) is 2.53. The van der Waals surface area contributed by atoms with Crippen LogP contribution in [0.5, 0.6) is 0 Å². The van der Waals surface area contributed by atoms with Crippen molar-refractivity contribution in [3.63, 3.8) is 0 Å². The van der Waals surface area contributed by atoms with Crippen molar-refractivity contribution in [2.75, 3.05) is 24.6 Å². The molecule has 0 amide bonds. The summed E-state index contributed by atoms with van der Waals surface area (Å²) >= 11 is 0. The van der Waals surface area contributed by atoms with Gasteiger partial charge in [-0.2, -0.15) is 0 Å². The summed E-state index contributed by atoms with van der Waals surface area (Å²) in [5.74, 6) is 0.806. The van der Waals surface area contributed by atoms with Crippen molar-refractivity contribution in [3.8, 4) is 0 Å². The molecule has 0 unspecified atom stereocenters. The van der Waals surface area contributed by atoms with Crippen LogP contribution in [0, 0.1) is 12.8 Å². The average Bonchev–Trinajstić information content (AvgIpc) is 2.88. The van der Waals surface area contributed by atoms with Crippen LogP contribution < -0.4 is 10.2 Å². The van der Waals surface area contributed by atoms with Crippen LogP contribution >= 0.6 is 0 Å². The van der Waals surface area contributed by atoms with Crippen LogP contribution in [0.4, 0.5) is 5.69 Å². The molecular weight excluding hydrogens is 260 g/mol. The fourth-order valence-electron chi connectivity index (χ4n) is 4.15. The topological polar surface area (TPSA) is 24.5 Å². The maximum atomic E-state index is 5.71. The van der Waals surface area contributed by atoms with Crippen LogP contribution in [0.15, 0.2) is 24.3 Å². The molecular formula is C18H26N2O. The van der Waals surface area contributed by atoms with Gasteiger partial charge in [0, 0.05) is 43.4 Å². The molecule has 2 heterocycles. The van der Waals surface area contributed by atoms with Gasteiger partial charge in [-0.05, 0) is 44.7 Å². The third-order valence-electron chi connectivity index (χ3n) is 5.61. The van der Waals surface area contributed by atoms with Crippen molar-refractivity contribution in [2.24, 2.45) is 5.92 Å². The first-order valence-electron chi connectivity index (χ1n) is 8.49. The van der Waals surface area contributed by atoms with Crippen molar-refractivity contribution in [2.45, 2.75) is 50.8 Å². The van der Waals surface area contributed by atoms with Gasteiger partial charge in [-0.3, -0.25) is 0 Å². The Morgan fingerprint density at radius 1 is 1.10 bits per heavy atom. The fraction of sp³-hybridized carbons (Fsp3) is 0.667. The molecule has 1 N–H and O–H groups in total. The highest BCUT2D eigenvalue weighted by atomic mass is 16.5. The molecule has 4 rings (SSSR count). The van der Waals surface area contributed by atoms with E-state index in [-0.39, 0.29) is 0 Å². The summed E-state index contributed by atoms with van der Waals surface area (Å²) in [7, 11) is 0. The zero-order valence-electron chi connectivity index (χ0n) is 12.9. The van der Waals surface area contributed by atoms with E-state index in [0.717, 1.165) is 18.6 Å². The van der Waals surface area contributed by atoms with Crippen molar-refractivity contribution < 1.29 is 4.74 Å². The summed E-state index contributed by atoms with van der Waals surface area (Å²) in [5.41, 5.74) is 2.72. The number of ether oxygens (including phenoxy) is 1. The monoisotopic (exact) mass is 286 g/mol. The molecule has 3 heteroatoms. The molecule has 0 radical (unpaired) electrons. The van der Waals surface area contributed by atoms with Gasteiger partial charge in [-0.1, -0.05) is 17.7 Å². The Morgan fingerprint density at radius 3 is 2.57 bits per heavy atom. The minimum absolute atomic E-state index is 0.579. The van der Waals surface area contributed by atoms with Gasteiger partial charge in [-0.15, -0.1) is 0 Å². The maximum Gasteiger partial charge on any atom is 0.0633 e. The minimum Gasteiger partial charge on any atom is -0.378 e. The summed E-state index contributed by atoms with van der Waals surface area (Å²) in [6.45, 7) is 5.49. The summed E-state index contributed by atoms with van der Waals surface area (Å²) in [6.07, 6.45) is 5.62. The number of piperidine rings is 1. The van der Waals surface area contributed by atoms with Crippen molar-refractivity contribution in [1.29, 1.82) is 0 Å². The summed E-state index contributed by atoms with van der Waals surface area (Å²) < 4.78 is 5.71. The van der Waals surface area contributed by atoms with E-state index >= 15 is 0 Å². The Kier molecular flexibility index (Phi) is 3.64. The number of hydrogen-bond donors (Lipinski definition) is 1. The Labute approximate surface area is 127 Å². The van der Waals surface area contributed by atoms with Crippen LogP contribution in [0.3, 0.4) is 0 Å². The number of aryl methyl sites for hydroxylation is 1. The van der Waals surface area contributed by atoms with Crippen LogP contribution in [0.25, 0.3) is 0 Å². The predicted molar refractivity (Wildman–Crippen MR) is 85.8 cm³/mol. The lowest BCUT2D eigenvalue weighted by Crippen LogP contribution is -2.56. The lowest BCUT2D eigenvalue weighted by molar-refractivity contribution is 0.00282. The van der Waals surface area contributed by atoms with Crippen LogP contribution in [-0.2, 0) is 4.74 Å². The highest BCUT2D eigenvalue weighted by Crippen LogP contribution is 2.39. The van der Waals surface area contributed by atoms with Crippen molar-refractivity contribution in [1.82, 2.24) is 5.32 Å². The molecule has 114 valence electrons. The van der Waals surface area contributed by atoms with Crippen molar-refractivity contribution >= 4 is 5.69 Å². The molecule has 0 spiro atoms. The highest BCUT2D eigenvalue weighted by Gasteiger charge is 2.45. The van der Waals surface area contributed by atoms with Gasteiger partial charge in [-0.25, -0.2) is 0 Å². The molecule has 3 aliphatic rings. The van der Waals surface area contributed by atoms with E-state index in [1.54, 1.807) is 0 Å². The largest absolute Gasteiger partial charge is 0.378 e. The molecule has 1 aliphatic carbocycles. The molecule has 0 bridgehead atoms. The van der Waals surface area contributed by atoms with Crippen LogP contribution in [0.1, 0.15) is 31.2 Å². The molecule has 1 saturated carbocycles. The number of hydrogen-bond acceptors (Lipinski definition) is 3. The standard InChI is InChI=1S/C18H26N2O/c1-13-2-4-15(5-3-13)20-9-6-14(7-10-20)19-17-12-18-16(17)8-11-21-18/h2-5,14,16-19H,6-12H2,1H3/t16-,17+,18+/m1/s1. The smallest absolute Gasteiger partial charge is 0.0633 e. The Morgan fingerprint density at radius 2 is 1.86 bits per heavy atom. The molecule has 0 aromatic heterocycles. The molecule has 2 saturated heterocycles. The molecule has 3 fully saturated rings. The molecule has 3 nitrogen and oxygen atoms in total. The van der Waals surface area contributed by atoms with Gasteiger partial charge in [0.25, 0.3) is 0 Å². The predicted octanol–water partition coefficient (Wildman–Crippen LogP) is 2.73. The van der Waals surface area contributed by atoms with E-state index in [1.807, 2.05) is 0 Å². The molecule has 1 aromatic rings. The SMILES string of the molecule is Cc1ccc(N2CCC(N[C@H]3C[C@@H]4OCC[C@H]34)CC2)cc1. The van der Waals surface area contributed by atoms with Crippen LogP contribution in [0.2, 0.25) is 0 Å². The Hall–Kier alpha value is -1.06. The minimum atomic E-state index is 0.579. The number of rotatable bonds is 3. The van der Waals surface area contributed by atoms with Gasteiger partial charge in [0.05, 0.1) is 6.10 Å². The van der Waals surface area contributed by atoms with E-state index < -0.39 is 0 Å². The first-order chi connectivity index (χ1) is 10.3. The third-order valence-corrected chi connectivity index (χ3v) is 5.61. The van der Waals surface area contributed by atoms with Gasteiger partial charge >= 0.3 is 0 Å². The maximum absolute atomic E-state index is 5.71. The van der Waals surface area contributed by atoms with Gasteiger partial charge in [0.2, 0.25) is 0 Å². The number of fused-ring (bicyclic) bond motifs is 1. The van der Waals surface area contributed by atoms with Gasteiger partial charge in [0.15, 0.2) is 0 Å². The molecule has 3 atom stereocenters. The van der Waals surface area contributed by atoms with E-state index in [0.29, 0.717) is 12.1 Å². The number of nitrogens with zero attached hydrogens (tertiary/aromatic N) is 1. The zero-order chi connectivity index (χ0) is 14.2. The first kappa shape index (κ1) is 13.6. The normalized spacial score (nSPS) is 32.8. The Bertz CT molecular complexity index is 478. The lowest BCUT2D eigenvalue weighted by Gasteiger charge is -2.43. The second-order valence-electron chi connectivity index (χ2n) is 6.97. The first-order valence-corrected chi connectivity index (χ1v) is 8.49. The third kappa shape index (κ3) is 2.69. The summed E-state index contributed by atoms with van der Waals surface area (Å²) in [6, 6.07) is 10.4. The summed E-state index contributed by atoms with van der Waals surface area (Å²) in [5, 5.41) is 3.90. The molecule has 2 aliphatic heterocycles.